The summed E-state index contributed by atoms with van der Waals surface area (Å²) in [6.07, 6.45) is -1.17. The summed E-state index contributed by atoms with van der Waals surface area (Å²) in [6, 6.07) is 9.06. The number of likely N-dealkylation sites (N-methyl/N-ethyl adjacent to an activating group) is 1. The minimum Gasteiger partial charge on any atom is -0.481 e. The van der Waals surface area contributed by atoms with Gasteiger partial charge in [0.05, 0.1) is 16.7 Å². The standard InChI is InChI=1S/C25H37NO7/c1-7-26(6)14-20(27)16-32-21(28)18(2)13-25(5,22(29)30)17-24(3,4)23(31)33-15-19-11-9-8-10-12-19/h3,8-12,18,20,27H,7,13-17H2,1-2,4-6H3,(H,29,30). The molecule has 0 bridgehead atoms. The molecule has 1 rings (SSSR count). The number of carbonyl (C=O) groups excluding carboxylic acids is 2. The molecule has 1 aromatic rings. The second-order valence-electron chi connectivity index (χ2n) is 9.27. The summed E-state index contributed by atoms with van der Waals surface area (Å²) in [7, 11) is 1.83. The highest BCUT2D eigenvalue weighted by atomic mass is 16.5. The number of carboxylic acid groups (broad SMARTS) is 1. The first-order chi connectivity index (χ1) is 15.3. The predicted molar refractivity (Wildman–Crippen MR) is 123 cm³/mol. The largest absolute Gasteiger partial charge is 0.481 e. The molecular formula is C25H37NO7. The zero-order chi connectivity index (χ0) is 25.2. The maximum absolute atomic E-state index is 12.6. The zero-order valence-electron chi connectivity index (χ0n) is 20.2. The Bertz CT molecular complexity index is 780. The van der Waals surface area contributed by atoms with Gasteiger partial charge in [-0.05, 0) is 52.8 Å². The first-order valence-corrected chi connectivity index (χ1v) is 11.1. The Morgan fingerprint density at radius 1 is 1.15 bits per heavy atom. The number of aliphatic carboxylic acids is 1. The maximum Gasteiger partial charge on any atom is 0.312 e. The van der Waals surface area contributed by atoms with Crippen molar-refractivity contribution in [3.8, 4) is 0 Å². The van der Waals surface area contributed by atoms with E-state index in [9.17, 15) is 24.6 Å². The number of benzene rings is 1. The highest BCUT2D eigenvalue weighted by Crippen LogP contribution is 2.40. The van der Waals surface area contributed by atoms with Gasteiger partial charge in [-0.1, -0.05) is 44.2 Å². The summed E-state index contributed by atoms with van der Waals surface area (Å²) >= 11 is 0. The van der Waals surface area contributed by atoms with Crippen molar-refractivity contribution in [1.29, 1.82) is 0 Å². The van der Waals surface area contributed by atoms with E-state index in [0.717, 1.165) is 12.1 Å². The van der Waals surface area contributed by atoms with Gasteiger partial charge in [0, 0.05) is 6.54 Å². The number of ether oxygens (including phenoxy) is 2. The van der Waals surface area contributed by atoms with Gasteiger partial charge in [-0.15, -0.1) is 0 Å². The van der Waals surface area contributed by atoms with Crippen LogP contribution >= 0.6 is 0 Å². The van der Waals surface area contributed by atoms with Gasteiger partial charge >= 0.3 is 17.9 Å². The monoisotopic (exact) mass is 463 g/mol. The van der Waals surface area contributed by atoms with Crippen molar-refractivity contribution in [2.24, 2.45) is 16.7 Å². The lowest BCUT2D eigenvalue weighted by atomic mass is 9.70. The van der Waals surface area contributed by atoms with Crippen LogP contribution in [0, 0.1) is 23.7 Å². The summed E-state index contributed by atoms with van der Waals surface area (Å²) in [5.41, 5.74) is -2.27. The highest BCUT2D eigenvalue weighted by Gasteiger charge is 2.45. The Morgan fingerprint density at radius 3 is 2.30 bits per heavy atom. The van der Waals surface area contributed by atoms with E-state index in [0.29, 0.717) is 6.54 Å². The topological polar surface area (TPSA) is 113 Å². The molecule has 1 aromatic carbocycles. The lowest BCUT2D eigenvalue weighted by molar-refractivity contribution is -0.161. The number of esters is 2. The lowest BCUT2D eigenvalue weighted by Gasteiger charge is -2.34. The second kappa shape index (κ2) is 12.7. The molecule has 0 saturated carbocycles. The Balaban J connectivity index is 2.72. The first-order valence-electron chi connectivity index (χ1n) is 11.1. The Hall–Kier alpha value is -2.45. The van der Waals surface area contributed by atoms with Crippen molar-refractivity contribution in [2.75, 3.05) is 26.7 Å². The van der Waals surface area contributed by atoms with E-state index in [1.165, 1.54) is 13.8 Å². The zero-order valence-corrected chi connectivity index (χ0v) is 20.2. The fraction of sp³-hybridized carbons (Fsp3) is 0.600. The van der Waals surface area contributed by atoms with Crippen LogP contribution in [0.2, 0.25) is 0 Å². The summed E-state index contributed by atoms with van der Waals surface area (Å²) in [4.78, 5) is 38.9. The van der Waals surface area contributed by atoms with E-state index < -0.39 is 40.8 Å². The molecule has 0 aromatic heterocycles. The molecule has 0 aliphatic carbocycles. The third-order valence-corrected chi connectivity index (χ3v) is 5.59. The third-order valence-electron chi connectivity index (χ3n) is 5.59. The molecule has 0 aliphatic rings. The number of aliphatic hydroxyl groups excluding tert-OH is 1. The van der Waals surface area contributed by atoms with E-state index in [1.54, 1.807) is 19.1 Å². The third kappa shape index (κ3) is 9.52. The number of rotatable bonds is 14. The van der Waals surface area contributed by atoms with Crippen LogP contribution in [-0.4, -0.2) is 65.9 Å². The predicted octanol–water partition coefficient (Wildman–Crippen LogP) is 2.81. The van der Waals surface area contributed by atoms with Gasteiger partial charge < -0.3 is 24.6 Å². The molecule has 2 radical (unpaired) electrons. The van der Waals surface area contributed by atoms with Crippen LogP contribution in [0.25, 0.3) is 0 Å². The van der Waals surface area contributed by atoms with Crippen molar-refractivity contribution in [2.45, 2.75) is 53.2 Å². The molecular weight excluding hydrogens is 426 g/mol. The Labute approximate surface area is 196 Å². The Morgan fingerprint density at radius 2 is 1.76 bits per heavy atom. The van der Waals surface area contributed by atoms with Gasteiger partial charge in [0.25, 0.3) is 0 Å². The minimum atomic E-state index is -1.58. The normalized spacial score (nSPS) is 15.4. The fourth-order valence-corrected chi connectivity index (χ4v) is 3.63. The van der Waals surface area contributed by atoms with Crippen LogP contribution in [0.4, 0.5) is 0 Å². The first kappa shape index (κ1) is 28.6. The van der Waals surface area contributed by atoms with Gasteiger partial charge in [-0.3, -0.25) is 14.4 Å². The van der Waals surface area contributed by atoms with Crippen molar-refractivity contribution < 1.29 is 34.1 Å². The van der Waals surface area contributed by atoms with Crippen LogP contribution in [0.3, 0.4) is 0 Å². The van der Waals surface area contributed by atoms with Crippen molar-refractivity contribution >= 4 is 17.9 Å². The molecule has 0 heterocycles. The molecule has 0 spiro atoms. The lowest BCUT2D eigenvalue weighted by Crippen LogP contribution is -2.40. The molecule has 33 heavy (non-hydrogen) atoms. The van der Waals surface area contributed by atoms with Crippen LogP contribution < -0.4 is 0 Å². The molecule has 0 aliphatic heterocycles. The van der Waals surface area contributed by atoms with E-state index in [2.05, 4.69) is 0 Å². The van der Waals surface area contributed by atoms with Gasteiger partial charge in [0.2, 0.25) is 0 Å². The average Bonchev–Trinajstić information content (AvgIpc) is 2.75. The van der Waals surface area contributed by atoms with Crippen LogP contribution in [0.5, 0.6) is 0 Å². The molecule has 8 heteroatoms. The molecule has 2 N–H and O–H groups in total. The van der Waals surface area contributed by atoms with Gasteiger partial charge in [0.15, 0.2) is 0 Å². The van der Waals surface area contributed by atoms with E-state index in [1.807, 2.05) is 37.1 Å². The van der Waals surface area contributed by atoms with Gasteiger partial charge in [-0.2, -0.15) is 0 Å². The van der Waals surface area contributed by atoms with Crippen molar-refractivity contribution in [1.82, 2.24) is 4.90 Å². The molecule has 8 nitrogen and oxygen atoms in total. The van der Waals surface area contributed by atoms with Crippen LogP contribution in [0.15, 0.2) is 30.3 Å². The molecule has 4 unspecified atom stereocenters. The van der Waals surface area contributed by atoms with Crippen LogP contribution in [0.1, 0.15) is 46.1 Å². The van der Waals surface area contributed by atoms with Gasteiger partial charge in [0.1, 0.15) is 19.3 Å². The van der Waals surface area contributed by atoms with E-state index >= 15 is 0 Å². The van der Waals surface area contributed by atoms with E-state index in [-0.39, 0.29) is 26.1 Å². The number of aliphatic hydroxyl groups is 1. The molecule has 184 valence electrons. The molecule has 4 atom stereocenters. The smallest absolute Gasteiger partial charge is 0.312 e. The number of carboxylic acids is 1. The summed E-state index contributed by atoms with van der Waals surface area (Å²) < 4.78 is 10.5. The molecule has 0 saturated heterocycles. The maximum atomic E-state index is 12.6. The molecule has 0 fully saturated rings. The minimum absolute atomic E-state index is 0.0223. The van der Waals surface area contributed by atoms with Gasteiger partial charge in [-0.25, -0.2) is 0 Å². The van der Waals surface area contributed by atoms with Crippen molar-refractivity contribution in [3.05, 3.63) is 42.8 Å². The fourth-order valence-electron chi connectivity index (χ4n) is 3.63. The quantitative estimate of drug-likeness (QED) is 0.405. The summed E-state index contributed by atoms with van der Waals surface area (Å²) in [5, 5.41) is 19.8. The second-order valence-corrected chi connectivity index (χ2v) is 9.27. The number of hydrogen-bond donors (Lipinski definition) is 2. The summed E-state index contributed by atoms with van der Waals surface area (Å²) in [6.45, 7) is 13.5. The number of nitrogens with zero attached hydrogens (tertiary/aromatic N) is 1. The average molecular weight is 464 g/mol. The Kier molecular flexibility index (Phi) is 11.0. The van der Waals surface area contributed by atoms with Crippen LogP contribution in [-0.2, 0) is 30.5 Å². The SMILES string of the molecule is [CH]C(C)(CC(C)(CC(C)C(=O)OCC(O)CN(C)CC)C(=O)O)C(=O)OCc1ccccc1. The number of hydrogen-bond acceptors (Lipinski definition) is 7. The van der Waals surface area contributed by atoms with E-state index in [4.69, 9.17) is 16.4 Å². The van der Waals surface area contributed by atoms with Crippen molar-refractivity contribution in [3.63, 3.8) is 0 Å². The molecule has 0 amide bonds. The highest BCUT2D eigenvalue weighted by molar-refractivity contribution is 5.81. The summed E-state index contributed by atoms with van der Waals surface area (Å²) in [5.74, 6) is -3.30. The number of carbonyl (C=O) groups is 3.